The largest absolute Gasteiger partial charge is 0.361 e. The first-order valence-corrected chi connectivity index (χ1v) is 8.89. The van der Waals surface area contributed by atoms with Crippen LogP contribution in [-0.2, 0) is 11.2 Å². The number of carbonyl (C=O) groups excluding carboxylic acids is 1. The Bertz CT molecular complexity index is 1290. The molecule has 0 bridgehead atoms. The maximum atomic E-state index is 12.4. The summed E-state index contributed by atoms with van der Waals surface area (Å²) in [5, 5.41) is 16.3. The van der Waals surface area contributed by atoms with Gasteiger partial charge in [-0.05, 0) is 35.9 Å². The summed E-state index contributed by atoms with van der Waals surface area (Å²) < 4.78 is 1.63. The van der Waals surface area contributed by atoms with Gasteiger partial charge in [-0.25, -0.2) is 0 Å². The van der Waals surface area contributed by atoms with Crippen LogP contribution in [0.2, 0.25) is 0 Å². The molecule has 2 N–H and O–H groups in total. The summed E-state index contributed by atoms with van der Waals surface area (Å²) >= 11 is 0. The highest BCUT2D eigenvalue weighted by Crippen LogP contribution is 2.21. The third-order valence-electron chi connectivity index (χ3n) is 4.65. The number of anilines is 1. The summed E-state index contributed by atoms with van der Waals surface area (Å²) in [5.41, 5.74) is 5.22. The Kier molecular flexibility index (Phi) is 3.83. The van der Waals surface area contributed by atoms with Crippen molar-refractivity contribution < 1.29 is 4.79 Å². The predicted octanol–water partition coefficient (Wildman–Crippen LogP) is 3.45. The van der Waals surface area contributed by atoms with E-state index in [4.69, 9.17) is 0 Å². The zero-order chi connectivity index (χ0) is 18.9. The van der Waals surface area contributed by atoms with E-state index in [9.17, 15) is 4.79 Å². The fourth-order valence-electron chi connectivity index (χ4n) is 3.26. The highest BCUT2D eigenvalue weighted by molar-refractivity contribution is 5.95. The molecule has 136 valence electrons. The smallest absolute Gasteiger partial charge is 0.228 e. The van der Waals surface area contributed by atoms with E-state index in [0.717, 1.165) is 33.4 Å². The molecular weight excluding hydrogens is 352 g/mol. The Morgan fingerprint density at radius 1 is 1.04 bits per heavy atom. The number of nitrogens with zero attached hydrogens (tertiary/aromatic N) is 4. The number of nitrogens with one attached hydrogen (secondary N) is 2. The first kappa shape index (κ1) is 16.2. The number of aromatic amines is 1. The number of H-pyrrole nitrogens is 1. The van der Waals surface area contributed by atoms with Crippen LogP contribution < -0.4 is 5.32 Å². The summed E-state index contributed by atoms with van der Waals surface area (Å²) in [7, 11) is 0. The molecule has 5 aromatic rings. The van der Waals surface area contributed by atoms with Gasteiger partial charge in [-0.15, -0.1) is 10.2 Å². The summed E-state index contributed by atoms with van der Waals surface area (Å²) in [5.74, 6) is -0.0541. The molecule has 0 aliphatic rings. The molecule has 5 rings (SSSR count). The molecule has 0 atom stereocenters. The maximum absolute atomic E-state index is 12.4. The van der Waals surface area contributed by atoms with E-state index in [2.05, 4.69) is 25.6 Å². The lowest BCUT2D eigenvalue weighted by Crippen LogP contribution is -2.14. The van der Waals surface area contributed by atoms with Gasteiger partial charge in [0.05, 0.1) is 12.1 Å². The normalized spacial score (nSPS) is 11.1. The second-order valence-corrected chi connectivity index (χ2v) is 6.51. The van der Waals surface area contributed by atoms with Crippen molar-refractivity contribution in [3.05, 3.63) is 78.8 Å². The molecule has 3 heterocycles. The minimum atomic E-state index is -0.0541. The van der Waals surface area contributed by atoms with E-state index < -0.39 is 0 Å². The molecule has 0 fully saturated rings. The van der Waals surface area contributed by atoms with Gasteiger partial charge in [0.2, 0.25) is 5.91 Å². The van der Waals surface area contributed by atoms with Crippen molar-refractivity contribution in [2.24, 2.45) is 0 Å². The number of amides is 1. The van der Waals surface area contributed by atoms with Crippen molar-refractivity contribution in [1.82, 2.24) is 24.8 Å². The molecule has 0 unspecified atom stereocenters. The number of hydrogen-bond acceptors (Lipinski definition) is 4. The van der Waals surface area contributed by atoms with Crippen LogP contribution in [0.15, 0.2) is 73.2 Å². The van der Waals surface area contributed by atoms with Crippen LogP contribution in [0.1, 0.15) is 5.56 Å². The lowest BCUT2D eigenvalue weighted by molar-refractivity contribution is -0.115. The van der Waals surface area contributed by atoms with Crippen molar-refractivity contribution in [3.63, 3.8) is 0 Å². The van der Waals surface area contributed by atoms with Crippen LogP contribution in [0.4, 0.5) is 5.69 Å². The van der Waals surface area contributed by atoms with Gasteiger partial charge < -0.3 is 10.3 Å². The Morgan fingerprint density at radius 2 is 1.89 bits per heavy atom. The molecule has 0 aliphatic carbocycles. The van der Waals surface area contributed by atoms with Crippen molar-refractivity contribution in [2.45, 2.75) is 6.42 Å². The molecule has 1 amide bonds. The quantitative estimate of drug-likeness (QED) is 0.508. The fourth-order valence-corrected chi connectivity index (χ4v) is 3.26. The van der Waals surface area contributed by atoms with Gasteiger partial charge in [-0.3, -0.25) is 4.79 Å². The molecule has 2 aromatic carbocycles. The SMILES string of the molecule is O=C(Cc1c[nH]c2ccccc12)Nc1ccc(-c2ccc3nncn3n2)cc1. The molecule has 3 aromatic heterocycles. The van der Waals surface area contributed by atoms with Crippen LogP contribution in [0.25, 0.3) is 27.8 Å². The van der Waals surface area contributed by atoms with Crippen molar-refractivity contribution >= 4 is 28.1 Å². The van der Waals surface area contributed by atoms with Gasteiger partial charge in [0.1, 0.15) is 6.33 Å². The number of rotatable bonds is 4. The minimum absolute atomic E-state index is 0.0541. The lowest BCUT2D eigenvalue weighted by Gasteiger charge is -2.07. The highest BCUT2D eigenvalue weighted by Gasteiger charge is 2.09. The predicted molar refractivity (Wildman–Crippen MR) is 107 cm³/mol. The van der Waals surface area contributed by atoms with Gasteiger partial charge in [-0.1, -0.05) is 30.3 Å². The minimum Gasteiger partial charge on any atom is -0.361 e. The van der Waals surface area contributed by atoms with Crippen LogP contribution in [0.5, 0.6) is 0 Å². The summed E-state index contributed by atoms with van der Waals surface area (Å²) in [6, 6.07) is 19.3. The van der Waals surface area contributed by atoms with Gasteiger partial charge in [0.25, 0.3) is 0 Å². The zero-order valence-electron chi connectivity index (χ0n) is 14.8. The molecule has 28 heavy (non-hydrogen) atoms. The molecule has 0 aliphatic heterocycles. The van der Waals surface area contributed by atoms with Gasteiger partial charge in [0, 0.05) is 28.4 Å². The first-order chi connectivity index (χ1) is 13.8. The third-order valence-corrected chi connectivity index (χ3v) is 4.65. The van der Waals surface area contributed by atoms with E-state index in [1.54, 1.807) is 10.8 Å². The average molecular weight is 368 g/mol. The van der Waals surface area contributed by atoms with E-state index in [1.807, 2.05) is 66.9 Å². The topological polar surface area (TPSA) is 88.0 Å². The lowest BCUT2D eigenvalue weighted by atomic mass is 10.1. The van der Waals surface area contributed by atoms with E-state index >= 15 is 0 Å². The number of carbonyl (C=O) groups is 1. The molecule has 7 heteroatoms. The second kappa shape index (κ2) is 6.62. The summed E-state index contributed by atoms with van der Waals surface area (Å²) in [4.78, 5) is 15.6. The van der Waals surface area contributed by atoms with Crippen molar-refractivity contribution in [1.29, 1.82) is 0 Å². The first-order valence-electron chi connectivity index (χ1n) is 8.89. The Balaban J connectivity index is 1.31. The third kappa shape index (κ3) is 2.99. The summed E-state index contributed by atoms with van der Waals surface area (Å²) in [6.45, 7) is 0. The number of fused-ring (bicyclic) bond motifs is 2. The monoisotopic (exact) mass is 368 g/mol. The van der Waals surface area contributed by atoms with E-state index in [1.165, 1.54) is 0 Å². The van der Waals surface area contributed by atoms with E-state index in [-0.39, 0.29) is 5.91 Å². The van der Waals surface area contributed by atoms with Gasteiger partial charge in [-0.2, -0.15) is 9.61 Å². The highest BCUT2D eigenvalue weighted by atomic mass is 16.1. The standard InChI is InChI=1S/C21H16N6O/c28-21(11-15-12-22-19-4-2-1-3-17(15)19)24-16-7-5-14(6-8-16)18-9-10-20-25-23-13-27(20)26-18/h1-10,12-13,22H,11H2,(H,24,28). The van der Waals surface area contributed by atoms with Crippen LogP contribution in [-0.4, -0.2) is 30.7 Å². The van der Waals surface area contributed by atoms with Crippen LogP contribution >= 0.6 is 0 Å². The van der Waals surface area contributed by atoms with Crippen LogP contribution in [0.3, 0.4) is 0 Å². The average Bonchev–Trinajstić information content (AvgIpc) is 3.35. The molecule has 0 saturated carbocycles. The zero-order valence-corrected chi connectivity index (χ0v) is 14.8. The number of hydrogen-bond donors (Lipinski definition) is 2. The maximum Gasteiger partial charge on any atom is 0.228 e. The van der Waals surface area contributed by atoms with E-state index in [0.29, 0.717) is 12.1 Å². The molecule has 0 spiro atoms. The molecule has 0 saturated heterocycles. The number of para-hydroxylation sites is 1. The molecular formula is C21H16N6O. The van der Waals surface area contributed by atoms with Gasteiger partial charge >= 0.3 is 0 Å². The Morgan fingerprint density at radius 3 is 2.79 bits per heavy atom. The second-order valence-electron chi connectivity index (χ2n) is 6.51. The van der Waals surface area contributed by atoms with Crippen molar-refractivity contribution in [3.8, 4) is 11.3 Å². The molecule has 0 radical (unpaired) electrons. The summed E-state index contributed by atoms with van der Waals surface area (Å²) in [6.07, 6.45) is 3.77. The molecule has 7 nitrogen and oxygen atoms in total. The Labute approximate surface area is 160 Å². The fraction of sp³-hybridized carbons (Fsp3) is 0.0476. The van der Waals surface area contributed by atoms with Gasteiger partial charge in [0.15, 0.2) is 5.65 Å². The number of benzene rings is 2. The number of aromatic nitrogens is 5. The van der Waals surface area contributed by atoms with Crippen LogP contribution in [0, 0.1) is 0 Å². The van der Waals surface area contributed by atoms with Crippen molar-refractivity contribution in [2.75, 3.05) is 5.32 Å². The Hall–Kier alpha value is -4.00.